The number of rotatable bonds is 6. The predicted octanol–water partition coefficient (Wildman–Crippen LogP) is 4.29. The normalized spacial score (nSPS) is 18.5. The van der Waals surface area contributed by atoms with Gasteiger partial charge in [-0.3, -0.25) is 14.8 Å². The maximum absolute atomic E-state index is 12.6. The van der Waals surface area contributed by atoms with Gasteiger partial charge in [-0.1, -0.05) is 13.8 Å². The second-order valence-electron chi connectivity index (χ2n) is 8.43. The Balaban J connectivity index is 1.46. The minimum Gasteiger partial charge on any atom is -0.456 e. The average molecular weight is 456 g/mol. The fourth-order valence-corrected chi connectivity index (χ4v) is 4.96. The van der Waals surface area contributed by atoms with Gasteiger partial charge < -0.3 is 9.64 Å². The molecule has 9 nitrogen and oxygen atoms in total. The molecule has 0 spiro atoms. The number of carbonyl (C=O) groups is 1. The van der Waals surface area contributed by atoms with E-state index in [4.69, 9.17) is 4.74 Å². The Morgan fingerprint density at radius 3 is 2.72 bits per heavy atom. The summed E-state index contributed by atoms with van der Waals surface area (Å²) in [4.78, 5) is 30.4. The zero-order valence-electron chi connectivity index (χ0n) is 18.2. The van der Waals surface area contributed by atoms with Crippen LogP contribution in [0.4, 0.5) is 11.4 Å². The van der Waals surface area contributed by atoms with E-state index >= 15 is 0 Å². The molecular formula is C22H25N5O4S. The lowest BCUT2D eigenvalue weighted by atomic mass is 9.91. The van der Waals surface area contributed by atoms with Crippen molar-refractivity contribution in [3.05, 3.63) is 57.3 Å². The van der Waals surface area contributed by atoms with Gasteiger partial charge in [-0.15, -0.1) is 11.3 Å². The monoisotopic (exact) mass is 455 g/mol. The molecule has 2 unspecified atom stereocenters. The van der Waals surface area contributed by atoms with Crippen molar-refractivity contribution in [3.8, 4) is 10.6 Å². The number of anilines is 1. The first kappa shape index (κ1) is 21.9. The summed E-state index contributed by atoms with van der Waals surface area (Å²) in [7, 11) is 1.83. The molecule has 0 aliphatic carbocycles. The maximum atomic E-state index is 12.6. The minimum absolute atomic E-state index is 0.00764. The molecule has 168 valence electrons. The zero-order valence-corrected chi connectivity index (χ0v) is 19.0. The van der Waals surface area contributed by atoms with Gasteiger partial charge in [0.1, 0.15) is 17.3 Å². The van der Waals surface area contributed by atoms with Crippen LogP contribution in [0.1, 0.15) is 36.3 Å². The lowest BCUT2D eigenvalue weighted by Gasteiger charge is -2.36. The number of nitro groups is 1. The van der Waals surface area contributed by atoms with Crippen LogP contribution in [-0.4, -0.2) is 38.7 Å². The molecule has 1 aliphatic rings. The number of aryl methyl sites for hydroxylation is 1. The van der Waals surface area contributed by atoms with E-state index in [1.165, 1.54) is 17.4 Å². The quantitative estimate of drug-likeness (QED) is 0.310. The van der Waals surface area contributed by atoms with Crippen molar-refractivity contribution in [2.24, 2.45) is 18.9 Å². The van der Waals surface area contributed by atoms with E-state index in [1.807, 2.05) is 23.5 Å². The summed E-state index contributed by atoms with van der Waals surface area (Å²) < 4.78 is 7.06. The Morgan fingerprint density at radius 2 is 2.06 bits per heavy atom. The Morgan fingerprint density at radius 1 is 1.31 bits per heavy atom. The largest absolute Gasteiger partial charge is 0.456 e. The maximum Gasteiger partial charge on any atom is 0.338 e. The number of piperidine rings is 1. The third-order valence-corrected chi connectivity index (χ3v) is 6.41. The average Bonchev–Trinajstić information content (AvgIpc) is 3.39. The second-order valence-corrected chi connectivity index (χ2v) is 9.29. The molecule has 32 heavy (non-hydrogen) atoms. The van der Waals surface area contributed by atoms with Crippen LogP contribution < -0.4 is 4.90 Å². The SMILES string of the molecule is CC1CC(C)CN(c2ccc(C(=O)OCc3csc(-c4cnn(C)c4)n3)cc2[N+](=O)[O-])C1. The first-order chi connectivity index (χ1) is 15.3. The van der Waals surface area contributed by atoms with Gasteiger partial charge in [0.15, 0.2) is 0 Å². The highest BCUT2D eigenvalue weighted by molar-refractivity contribution is 7.13. The standard InChI is InChI=1S/C22H25N5O4S/c1-14-6-15(2)10-26(9-14)19-5-4-16(7-20(19)27(29)30)22(28)31-12-18-13-32-21(24-18)17-8-23-25(3)11-17/h4-5,7-8,11,13-15H,6,9-10,12H2,1-3H3. The highest BCUT2D eigenvalue weighted by Crippen LogP contribution is 2.34. The van der Waals surface area contributed by atoms with Crippen molar-refractivity contribution in [2.75, 3.05) is 18.0 Å². The fourth-order valence-electron chi connectivity index (χ4n) is 4.18. The van der Waals surface area contributed by atoms with Crippen molar-refractivity contribution in [3.63, 3.8) is 0 Å². The Bertz CT molecular complexity index is 1130. The van der Waals surface area contributed by atoms with Crippen molar-refractivity contribution in [2.45, 2.75) is 26.9 Å². The predicted molar refractivity (Wildman–Crippen MR) is 122 cm³/mol. The number of thiazole rings is 1. The number of nitro benzene ring substituents is 1. The molecule has 3 aromatic rings. The van der Waals surface area contributed by atoms with Crippen LogP contribution in [0, 0.1) is 22.0 Å². The number of nitrogens with zero attached hydrogens (tertiary/aromatic N) is 5. The second kappa shape index (κ2) is 9.07. The molecule has 2 atom stereocenters. The zero-order chi connectivity index (χ0) is 22.8. The highest BCUT2D eigenvalue weighted by atomic mass is 32.1. The van der Waals surface area contributed by atoms with E-state index in [-0.39, 0.29) is 17.9 Å². The minimum atomic E-state index is -0.615. The molecule has 4 rings (SSSR count). The van der Waals surface area contributed by atoms with Gasteiger partial charge >= 0.3 is 5.97 Å². The van der Waals surface area contributed by atoms with Gasteiger partial charge in [0, 0.05) is 43.3 Å². The number of benzene rings is 1. The Hall–Kier alpha value is -3.27. The van der Waals surface area contributed by atoms with Crippen molar-refractivity contribution < 1.29 is 14.5 Å². The van der Waals surface area contributed by atoms with Crippen LogP contribution in [0.15, 0.2) is 36.0 Å². The molecule has 0 amide bonds. The topological polar surface area (TPSA) is 103 Å². The van der Waals surface area contributed by atoms with E-state index in [9.17, 15) is 14.9 Å². The number of hydrogen-bond donors (Lipinski definition) is 0. The number of hydrogen-bond acceptors (Lipinski definition) is 8. The molecule has 1 fully saturated rings. The van der Waals surface area contributed by atoms with Gasteiger partial charge in [0.2, 0.25) is 0 Å². The third-order valence-electron chi connectivity index (χ3n) is 5.47. The van der Waals surface area contributed by atoms with E-state index in [2.05, 4.69) is 23.9 Å². The molecule has 0 radical (unpaired) electrons. The molecule has 1 saturated heterocycles. The first-order valence-corrected chi connectivity index (χ1v) is 11.3. The van der Waals surface area contributed by atoms with Gasteiger partial charge in [-0.2, -0.15) is 5.10 Å². The Labute approximate surface area is 189 Å². The smallest absolute Gasteiger partial charge is 0.338 e. The van der Waals surface area contributed by atoms with Gasteiger partial charge in [-0.25, -0.2) is 9.78 Å². The highest BCUT2D eigenvalue weighted by Gasteiger charge is 2.28. The van der Waals surface area contributed by atoms with E-state index in [0.29, 0.717) is 23.2 Å². The molecule has 0 saturated carbocycles. The van der Waals surface area contributed by atoms with Crippen LogP contribution in [0.5, 0.6) is 0 Å². The van der Waals surface area contributed by atoms with Gasteiger partial charge in [-0.05, 0) is 30.4 Å². The summed E-state index contributed by atoms with van der Waals surface area (Å²) in [5.74, 6) is 0.297. The van der Waals surface area contributed by atoms with Crippen molar-refractivity contribution in [1.82, 2.24) is 14.8 Å². The number of ether oxygens (including phenoxy) is 1. The van der Waals surface area contributed by atoms with E-state index < -0.39 is 10.9 Å². The molecule has 2 aromatic heterocycles. The van der Waals surface area contributed by atoms with Crippen LogP contribution in [-0.2, 0) is 18.4 Å². The summed E-state index contributed by atoms with van der Waals surface area (Å²) in [6.07, 6.45) is 4.69. The summed E-state index contributed by atoms with van der Waals surface area (Å²) in [5.41, 5.74) is 2.13. The van der Waals surface area contributed by atoms with Crippen LogP contribution in [0.25, 0.3) is 10.6 Å². The molecule has 0 bridgehead atoms. The summed E-state index contributed by atoms with van der Waals surface area (Å²) in [6.45, 7) is 5.82. The van der Waals surface area contributed by atoms with Crippen LogP contribution in [0.2, 0.25) is 0 Å². The number of esters is 1. The molecule has 1 aromatic carbocycles. The lowest BCUT2D eigenvalue weighted by molar-refractivity contribution is -0.384. The van der Waals surface area contributed by atoms with Gasteiger partial charge in [0.25, 0.3) is 5.69 Å². The van der Waals surface area contributed by atoms with Crippen molar-refractivity contribution >= 4 is 28.7 Å². The summed E-state index contributed by atoms with van der Waals surface area (Å²) in [5, 5.41) is 18.5. The summed E-state index contributed by atoms with van der Waals surface area (Å²) >= 11 is 1.44. The van der Waals surface area contributed by atoms with Crippen molar-refractivity contribution in [1.29, 1.82) is 0 Å². The lowest BCUT2D eigenvalue weighted by Crippen LogP contribution is -2.39. The number of aromatic nitrogens is 3. The molecule has 1 aliphatic heterocycles. The summed E-state index contributed by atoms with van der Waals surface area (Å²) in [6, 6.07) is 4.56. The molecule has 10 heteroatoms. The third kappa shape index (κ3) is 4.80. The van der Waals surface area contributed by atoms with E-state index in [0.717, 1.165) is 30.1 Å². The van der Waals surface area contributed by atoms with Crippen LogP contribution in [0.3, 0.4) is 0 Å². The fraction of sp³-hybridized carbons (Fsp3) is 0.409. The van der Waals surface area contributed by atoms with Gasteiger partial charge in [0.05, 0.1) is 22.4 Å². The van der Waals surface area contributed by atoms with Crippen LogP contribution >= 0.6 is 11.3 Å². The van der Waals surface area contributed by atoms with E-state index in [1.54, 1.807) is 23.0 Å². The Kier molecular flexibility index (Phi) is 6.22. The molecule has 3 heterocycles. The first-order valence-electron chi connectivity index (χ1n) is 10.4. The molecular weight excluding hydrogens is 430 g/mol. The number of carbonyl (C=O) groups excluding carboxylic acids is 1. The molecule has 0 N–H and O–H groups in total.